The Morgan fingerprint density at radius 3 is 2.35 bits per heavy atom. The monoisotopic (exact) mass is 617 g/mol. The molecule has 15 heteroatoms. The van der Waals surface area contributed by atoms with Crippen molar-refractivity contribution < 1.29 is 34.2 Å². The number of aromatic hydroxyl groups is 1. The summed E-state index contributed by atoms with van der Waals surface area (Å²) in [6.07, 6.45) is -1.67. The number of phenolic OH excluding ortho intramolecular Hbond substituents is 1. The number of fused-ring (bicyclic) bond motifs is 5. The van der Waals surface area contributed by atoms with Gasteiger partial charge in [-0.15, -0.1) is 0 Å². The molecule has 0 spiro atoms. The third-order valence-electron chi connectivity index (χ3n) is 6.93. The van der Waals surface area contributed by atoms with Crippen LogP contribution < -0.4 is 38.5 Å². The molecule has 0 radical (unpaired) electrons. The van der Waals surface area contributed by atoms with Gasteiger partial charge in [0.1, 0.15) is 23.9 Å². The molecule has 4 bridgehead atoms. The highest BCUT2D eigenvalue weighted by Crippen LogP contribution is 2.30. The lowest BCUT2D eigenvalue weighted by Crippen LogP contribution is -2.58. The molecule has 0 aromatic heterocycles. The lowest BCUT2D eigenvalue weighted by molar-refractivity contribution is -0.133. The SMILES string of the molecule is C[C@H](NC(=O)CNC(=O)[C@@H]1Cc2cc(ccc2Cl)-c2ccc(O)c(c2)C[C@H](N)C(=O)N[C@@H](C[C@@H](O)CN)C(=O)N1)C(N)=O. The number of benzene rings is 2. The van der Waals surface area contributed by atoms with Crippen molar-refractivity contribution in [2.75, 3.05) is 13.1 Å². The van der Waals surface area contributed by atoms with E-state index in [2.05, 4.69) is 21.3 Å². The number of hydrogen-bond donors (Lipinski definition) is 9. The molecule has 2 aromatic carbocycles. The van der Waals surface area contributed by atoms with E-state index in [-0.39, 0.29) is 36.6 Å². The zero-order valence-corrected chi connectivity index (χ0v) is 24.2. The predicted octanol–water partition coefficient (Wildman–Crippen LogP) is -2.08. The van der Waals surface area contributed by atoms with Gasteiger partial charge in [-0.25, -0.2) is 0 Å². The summed E-state index contributed by atoms with van der Waals surface area (Å²) in [6.45, 7) is 0.635. The maximum absolute atomic E-state index is 13.4. The molecule has 0 saturated carbocycles. The van der Waals surface area contributed by atoms with Crippen LogP contribution in [0.4, 0.5) is 0 Å². The van der Waals surface area contributed by atoms with Gasteiger partial charge in [0.25, 0.3) is 0 Å². The number of aliphatic hydroxyl groups is 1. The molecule has 5 amide bonds. The molecule has 1 aliphatic heterocycles. The molecule has 3 rings (SSSR count). The Morgan fingerprint density at radius 1 is 1.05 bits per heavy atom. The summed E-state index contributed by atoms with van der Waals surface area (Å²) in [5, 5.41) is 30.7. The average molecular weight is 618 g/mol. The summed E-state index contributed by atoms with van der Waals surface area (Å²) in [5.74, 6) is -3.88. The highest BCUT2D eigenvalue weighted by Gasteiger charge is 2.31. The van der Waals surface area contributed by atoms with Gasteiger partial charge < -0.3 is 48.7 Å². The van der Waals surface area contributed by atoms with Crippen LogP contribution in [0.25, 0.3) is 11.1 Å². The number of rotatable bonds is 8. The van der Waals surface area contributed by atoms with E-state index in [9.17, 15) is 34.2 Å². The van der Waals surface area contributed by atoms with Crippen molar-refractivity contribution in [2.45, 2.75) is 56.5 Å². The van der Waals surface area contributed by atoms with Crippen LogP contribution in [0.15, 0.2) is 36.4 Å². The summed E-state index contributed by atoms with van der Waals surface area (Å²) in [4.78, 5) is 63.3. The third-order valence-corrected chi connectivity index (χ3v) is 7.30. The Labute approximate surface area is 252 Å². The number of nitrogens with one attached hydrogen (secondary N) is 4. The molecule has 232 valence electrons. The van der Waals surface area contributed by atoms with Crippen molar-refractivity contribution >= 4 is 41.1 Å². The Hall–Kier alpha value is -4.24. The highest BCUT2D eigenvalue weighted by molar-refractivity contribution is 6.31. The fourth-order valence-electron chi connectivity index (χ4n) is 4.40. The lowest BCUT2D eigenvalue weighted by Gasteiger charge is -2.25. The normalized spacial score (nSPS) is 20.3. The zero-order valence-electron chi connectivity index (χ0n) is 23.4. The number of carbonyl (C=O) groups is 5. The first kappa shape index (κ1) is 33.3. The van der Waals surface area contributed by atoms with Crippen molar-refractivity contribution in [1.82, 2.24) is 21.3 Å². The van der Waals surface area contributed by atoms with Gasteiger partial charge >= 0.3 is 0 Å². The quantitative estimate of drug-likeness (QED) is 0.157. The second-order valence-electron chi connectivity index (χ2n) is 10.3. The van der Waals surface area contributed by atoms with Gasteiger partial charge in [-0.1, -0.05) is 23.7 Å². The van der Waals surface area contributed by atoms with Crippen LogP contribution in [0.1, 0.15) is 24.5 Å². The Kier molecular flexibility index (Phi) is 11.4. The van der Waals surface area contributed by atoms with Crippen molar-refractivity contribution in [3.63, 3.8) is 0 Å². The molecule has 0 unspecified atom stereocenters. The molecular formula is C28H36ClN7O7. The maximum Gasteiger partial charge on any atom is 0.243 e. The molecule has 14 nitrogen and oxygen atoms in total. The second-order valence-corrected chi connectivity index (χ2v) is 10.7. The Balaban J connectivity index is 2.01. The van der Waals surface area contributed by atoms with Crippen molar-refractivity contribution in [1.29, 1.82) is 0 Å². The van der Waals surface area contributed by atoms with Crippen LogP contribution in [0.5, 0.6) is 5.75 Å². The molecule has 0 aliphatic carbocycles. The van der Waals surface area contributed by atoms with E-state index in [1.165, 1.54) is 13.0 Å². The number of halogens is 1. The van der Waals surface area contributed by atoms with Crippen LogP contribution in [-0.4, -0.2) is 83.1 Å². The average Bonchev–Trinajstić information content (AvgIpc) is 2.96. The van der Waals surface area contributed by atoms with E-state index >= 15 is 0 Å². The predicted molar refractivity (Wildman–Crippen MR) is 157 cm³/mol. The maximum atomic E-state index is 13.4. The third kappa shape index (κ3) is 9.12. The Morgan fingerprint density at radius 2 is 1.70 bits per heavy atom. The Bertz CT molecular complexity index is 1390. The highest BCUT2D eigenvalue weighted by atomic mass is 35.5. The molecule has 2 aromatic rings. The van der Waals surface area contributed by atoms with E-state index in [0.29, 0.717) is 22.3 Å². The minimum absolute atomic E-state index is 0.0683. The fourth-order valence-corrected chi connectivity index (χ4v) is 4.60. The van der Waals surface area contributed by atoms with E-state index < -0.39 is 66.4 Å². The number of phenols is 1. The van der Waals surface area contributed by atoms with E-state index in [1.54, 1.807) is 30.3 Å². The molecule has 43 heavy (non-hydrogen) atoms. The smallest absolute Gasteiger partial charge is 0.243 e. The molecule has 1 aliphatic rings. The molecule has 5 atom stereocenters. The first-order valence-corrected chi connectivity index (χ1v) is 13.9. The van der Waals surface area contributed by atoms with Crippen molar-refractivity contribution in [3.8, 4) is 16.9 Å². The summed E-state index contributed by atoms with van der Waals surface area (Å²) in [7, 11) is 0. The van der Waals surface area contributed by atoms with E-state index in [1.807, 2.05) is 0 Å². The zero-order chi connectivity index (χ0) is 31.8. The van der Waals surface area contributed by atoms with Gasteiger partial charge in [0, 0.05) is 30.8 Å². The van der Waals surface area contributed by atoms with Gasteiger partial charge in [-0.2, -0.15) is 0 Å². The number of primary amides is 1. The number of hydrogen-bond acceptors (Lipinski definition) is 9. The molecule has 12 N–H and O–H groups in total. The first-order chi connectivity index (χ1) is 20.3. The van der Waals surface area contributed by atoms with Crippen LogP contribution in [0.2, 0.25) is 5.02 Å². The van der Waals surface area contributed by atoms with Gasteiger partial charge in [-0.05, 0) is 53.4 Å². The van der Waals surface area contributed by atoms with Crippen LogP contribution >= 0.6 is 11.6 Å². The number of nitrogens with two attached hydrogens (primary N) is 3. The van der Waals surface area contributed by atoms with Gasteiger partial charge in [0.05, 0.1) is 18.7 Å². The van der Waals surface area contributed by atoms with Gasteiger partial charge in [0.2, 0.25) is 29.5 Å². The summed E-state index contributed by atoms with van der Waals surface area (Å²) in [5.41, 5.74) is 19.0. The summed E-state index contributed by atoms with van der Waals surface area (Å²) in [6, 6.07) is 5.05. The van der Waals surface area contributed by atoms with Crippen molar-refractivity contribution in [2.24, 2.45) is 17.2 Å². The van der Waals surface area contributed by atoms with E-state index in [4.69, 9.17) is 28.8 Å². The summed E-state index contributed by atoms with van der Waals surface area (Å²) >= 11 is 6.48. The lowest BCUT2D eigenvalue weighted by atomic mass is 9.96. The number of amides is 5. The topological polar surface area (TPSA) is 252 Å². The van der Waals surface area contributed by atoms with Crippen molar-refractivity contribution in [3.05, 3.63) is 52.5 Å². The molecular weight excluding hydrogens is 582 g/mol. The standard InChI is InChI=1S/C28H36ClN7O7/c1-13(25(32)40)34-24(39)12-33-27(42)21-9-16-6-14(2-4-19(16)29)15-3-5-23(38)17(7-15)8-20(31)26(41)35-22(28(43)36-21)10-18(37)11-30/h2-7,13,18,20-22,37-38H,8-12,30-31H2,1H3,(H2,32,40)(H,33,42)(H,34,39)(H,35,41)(H,36,43)/t13-,18+,20-,21-,22-/m0/s1. The van der Waals surface area contributed by atoms with Crippen LogP contribution in [0, 0.1) is 0 Å². The first-order valence-electron chi connectivity index (χ1n) is 13.5. The molecule has 0 fully saturated rings. The largest absolute Gasteiger partial charge is 0.508 e. The fraction of sp³-hybridized carbons (Fsp3) is 0.393. The molecule has 0 saturated heterocycles. The van der Waals surface area contributed by atoms with E-state index in [0.717, 1.165) is 0 Å². The van der Waals surface area contributed by atoms with Gasteiger partial charge in [0.15, 0.2) is 0 Å². The minimum atomic E-state index is -1.35. The molecule has 1 heterocycles. The van der Waals surface area contributed by atoms with Crippen LogP contribution in [0.3, 0.4) is 0 Å². The minimum Gasteiger partial charge on any atom is -0.508 e. The number of aliphatic hydroxyl groups excluding tert-OH is 1. The number of carbonyl (C=O) groups excluding carboxylic acids is 5. The summed E-state index contributed by atoms with van der Waals surface area (Å²) < 4.78 is 0. The van der Waals surface area contributed by atoms with Crippen LogP contribution in [-0.2, 0) is 36.8 Å². The van der Waals surface area contributed by atoms with Gasteiger partial charge in [-0.3, -0.25) is 24.0 Å². The second kappa shape index (κ2) is 14.8.